The van der Waals surface area contributed by atoms with Gasteiger partial charge in [0.15, 0.2) is 5.82 Å². The summed E-state index contributed by atoms with van der Waals surface area (Å²) >= 11 is 3.39. The molecule has 3 aromatic rings. The number of fused-ring (bicyclic) bond motifs is 1. The first-order valence-corrected chi connectivity index (χ1v) is 7.13. The normalized spacial score (nSPS) is 10.5. The van der Waals surface area contributed by atoms with Gasteiger partial charge in [0.1, 0.15) is 6.61 Å². The number of halogens is 1. The zero-order valence-corrected chi connectivity index (χ0v) is 12.6. The van der Waals surface area contributed by atoms with Crippen molar-refractivity contribution >= 4 is 38.7 Å². The van der Waals surface area contributed by atoms with E-state index < -0.39 is 6.09 Å². The molecule has 0 aliphatic carbocycles. The van der Waals surface area contributed by atoms with Gasteiger partial charge in [-0.15, -0.1) is 0 Å². The monoisotopic (exact) mass is 345 g/mol. The summed E-state index contributed by atoms with van der Waals surface area (Å²) < 4.78 is 6.08. The van der Waals surface area contributed by atoms with Crippen LogP contribution < -0.4 is 5.32 Å². The molecule has 2 aromatic carbocycles. The summed E-state index contributed by atoms with van der Waals surface area (Å²) in [6.07, 6.45) is -0.535. The van der Waals surface area contributed by atoms with Gasteiger partial charge in [-0.25, -0.2) is 4.79 Å². The van der Waals surface area contributed by atoms with Crippen molar-refractivity contribution in [3.8, 4) is 0 Å². The third-order valence-electron chi connectivity index (χ3n) is 2.96. The molecule has 1 heterocycles. The summed E-state index contributed by atoms with van der Waals surface area (Å²) in [5, 5.41) is 10.4. The van der Waals surface area contributed by atoms with Crippen LogP contribution in [0.1, 0.15) is 5.56 Å². The van der Waals surface area contributed by atoms with Gasteiger partial charge in [0.25, 0.3) is 0 Å². The number of H-pyrrole nitrogens is 1. The third kappa shape index (κ3) is 3.22. The fourth-order valence-electron chi connectivity index (χ4n) is 1.94. The Balaban J connectivity index is 1.67. The number of carbonyl (C=O) groups is 1. The van der Waals surface area contributed by atoms with Crippen molar-refractivity contribution in [2.45, 2.75) is 6.61 Å². The van der Waals surface area contributed by atoms with E-state index in [1.165, 1.54) is 0 Å². The lowest BCUT2D eigenvalue weighted by Gasteiger charge is -2.05. The van der Waals surface area contributed by atoms with Crippen LogP contribution >= 0.6 is 15.9 Å². The van der Waals surface area contributed by atoms with Crippen LogP contribution in [0.2, 0.25) is 0 Å². The van der Waals surface area contributed by atoms with E-state index in [0.717, 1.165) is 20.9 Å². The van der Waals surface area contributed by atoms with E-state index in [4.69, 9.17) is 4.74 Å². The van der Waals surface area contributed by atoms with Gasteiger partial charge < -0.3 is 4.74 Å². The quantitative estimate of drug-likeness (QED) is 0.751. The van der Waals surface area contributed by atoms with Crippen LogP contribution in [-0.2, 0) is 11.3 Å². The highest BCUT2D eigenvalue weighted by atomic mass is 79.9. The molecule has 2 N–H and O–H groups in total. The first-order valence-electron chi connectivity index (χ1n) is 6.34. The predicted molar refractivity (Wildman–Crippen MR) is 84.0 cm³/mol. The second-order valence-corrected chi connectivity index (χ2v) is 5.36. The van der Waals surface area contributed by atoms with Crippen LogP contribution in [0.25, 0.3) is 10.9 Å². The molecule has 1 aromatic heterocycles. The highest BCUT2D eigenvalue weighted by Gasteiger charge is 2.10. The molecule has 0 aliphatic rings. The van der Waals surface area contributed by atoms with Gasteiger partial charge in [0, 0.05) is 9.86 Å². The molecule has 0 saturated carbocycles. The van der Waals surface area contributed by atoms with Gasteiger partial charge in [-0.2, -0.15) is 5.10 Å². The standard InChI is InChI=1S/C15H12BrN3O2/c16-11-6-7-13-12(8-11)14(19-18-13)17-15(20)21-9-10-4-2-1-3-5-10/h1-8H,9H2,(H2,17,18,19,20). The molecular formula is C15H12BrN3O2. The van der Waals surface area contributed by atoms with Crippen LogP contribution in [0, 0.1) is 0 Å². The minimum absolute atomic E-state index is 0.221. The Morgan fingerprint density at radius 2 is 2.05 bits per heavy atom. The van der Waals surface area contributed by atoms with Gasteiger partial charge in [0.05, 0.1) is 5.52 Å². The van der Waals surface area contributed by atoms with E-state index >= 15 is 0 Å². The van der Waals surface area contributed by atoms with E-state index in [1.54, 1.807) is 0 Å². The second-order valence-electron chi connectivity index (χ2n) is 4.45. The van der Waals surface area contributed by atoms with Gasteiger partial charge >= 0.3 is 6.09 Å². The van der Waals surface area contributed by atoms with Crippen molar-refractivity contribution in [1.29, 1.82) is 0 Å². The first kappa shape index (κ1) is 13.6. The summed E-state index contributed by atoms with van der Waals surface area (Å²) in [7, 11) is 0. The van der Waals surface area contributed by atoms with E-state index in [-0.39, 0.29) is 6.61 Å². The van der Waals surface area contributed by atoms with Crippen molar-refractivity contribution in [2.24, 2.45) is 0 Å². The van der Waals surface area contributed by atoms with E-state index in [0.29, 0.717) is 5.82 Å². The number of hydrogen-bond acceptors (Lipinski definition) is 3. The minimum atomic E-state index is -0.535. The topological polar surface area (TPSA) is 67.0 Å². The molecule has 0 aliphatic heterocycles. The van der Waals surface area contributed by atoms with E-state index in [1.807, 2.05) is 48.5 Å². The van der Waals surface area contributed by atoms with Crippen molar-refractivity contribution in [1.82, 2.24) is 10.2 Å². The molecule has 1 amide bonds. The Hall–Kier alpha value is -2.34. The molecule has 0 bridgehead atoms. The number of anilines is 1. The fourth-order valence-corrected chi connectivity index (χ4v) is 2.30. The number of ether oxygens (including phenoxy) is 1. The average molecular weight is 346 g/mol. The molecule has 21 heavy (non-hydrogen) atoms. The van der Waals surface area contributed by atoms with E-state index in [2.05, 4.69) is 31.4 Å². The van der Waals surface area contributed by atoms with Crippen LogP contribution in [0.4, 0.5) is 10.6 Å². The van der Waals surface area contributed by atoms with Crippen LogP contribution in [0.3, 0.4) is 0 Å². The minimum Gasteiger partial charge on any atom is -0.444 e. The maximum Gasteiger partial charge on any atom is 0.413 e. The largest absolute Gasteiger partial charge is 0.444 e. The Kier molecular flexibility index (Phi) is 3.87. The maximum atomic E-state index is 11.8. The number of nitrogens with zero attached hydrogens (tertiary/aromatic N) is 1. The van der Waals surface area contributed by atoms with Crippen molar-refractivity contribution < 1.29 is 9.53 Å². The summed E-state index contributed by atoms with van der Waals surface area (Å²) in [6.45, 7) is 0.221. The number of aromatic nitrogens is 2. The maximum absolute atomic E-state index is 11.8. The van der Waals surface area contributed by atoms with Crippen molar-refractivity contribution in [3.05, 3.63) is 58.6 Å². The van der Waals surface area contributed by atoms with Gasteiger partial charge in [0.2, 0.25) is 0 Å². The molecule has 0 spiro atoms. The van der Waals surface area contributed by atoms with E-state index in [9.17, 15) is 4.79 Å². The van der Waals surface area contributed by atoms with Crippen LogP contribution in [-0.4, -0.2) is 16.3 Å². The molecule has 0 radical (unpaired) electrons. The predicted octanol–water partition coefficient (Wildman–Crippen LogP) is 4.07. The van der Waals surface area contributed by atoms with Gasteiger partial charge in [-0.3, -0.25) is 10.4 Å². The molecule has 0 atom stereocenters. The summed E-state index contributed by atoms with van der Waals surface area (Å²) in [6, 6.07) is 15.2. The second kappa shape index (κ2) is 5.97. The summed E-state index contributed by atoms with van der Waals surface area (Å²) in [4.78, 5) is 11.8. The summed E-state index contributed by atoms with van der Waals surface area (Å²) in [5.41, 5.74) is 1.78. The average Bonchev–Trinajstić information content (AvgIpc) is 2.88. The Morgan fingerprint density at radius 3 is 2.86 bits per heavy atom. The molecule has 0 saturated heterocycles. The number of benzene rings is 2. The highest BCUT2D eigenvalue weighted by molar-refractivity contribution is 9.10. The molecule has 5 nitrogen and oxygen atoms in total. The lowest BCUT2D eigenvalue weighted by Crippen LogP contribution is -2.13. The van der Waals surface area contributed by atoms with Gasteiger partial charge in [-0.1, -0.05) is 46.3 Å². The Labute approximate surface area is 129 Å². The van der Waals surface area contributed by atoms with Crippen LogP contribution in [0.15, 0.2) is 53.0 Å². The summed E-state index contributed by atoms with van der Waals surface area (Å²) in [5.74, 6) is 0.448. The number of rotatable bonds is 3. The SMILES string of the molecule is O=C(Nc1n[nH]c2ccc(Br)cc12)OCc1ccccc1. The molecule has 0 fully saturated rings. The lowest BCUT2D eigenvalue weighted by molar-refractivity contribution is 0.155. The zero-order valence-electron chi connectivity index (χ0n) is 11.0. The smallest absolute Gasteiger partial charge is 0.413 e. The first-order chi connectivity index (χ1) is 10.2. The molecule has 106 valence electrons. The Bertz CT molecular complexity index is 771. The van der Waals surface area contributed by atoms with Gasteiger partial charge in [-0.05, 0) is 23.8 Å². The molecule has 3 rings (SSSR count). The molecule has 6 heteroatoms. The zero-order chi connectivity index (χ0) is 14.7. The number of hydrogen-bond donors (Lipinski definition) is 2. The highest BCUT2D eigenvalue weighted by Crippen LogP contribution is 2.24. The third-order valence-corrected chi connectivity index (χ3v) is 3.45. The number of amides is 1. The number of nitrogens with one attached hydrogen (secondary N) is 2. The van der Waals surface area contributed by atoms with Crippen molar-refractivity contribution in [2.75, 3.05) is 5.32 Å². The molecule has 0 unspecified atom stereocenters. The fraction of sp³-hybridized carbons (Fsp3) is 0.0667. The van der Waals surface area contributed by atoms with Crippen LogP contribution in [0.5, 0.6) is 0 Å². The molecular weight excluding hydrogens is 334 g/mol. The lowest BCUT2D eigenvalue weighted by atomic mass is 10.2. The number of aromatic amines is 1. The Morgan fingerprint density at radius 1 is 1.24 bits per heavy atom. The van der Waals surface area contributed by atoms with Crippen molar-refractivity contribution in [3.63, 3.8) is 0 Å². The number of carbonyl (C=O) groups excluding carboxylic acids is 1.